The van der Waals surface area contributed by atoms with Crippen LogP contribution in [0.5, 0.6) is 11.5 Å². The van der Waals surface area contributed by atoms with Crippen molar-refractivity contribution in [3.63, 3.8) is 0 Å². The molecule has 0 heterocycles. The molecule has 0 radical (unpaired) electrons. The fourth-order valence-corrected chi connectivity index (χ4v) is 2.47. The molecule has 2 amide bonds. The van der Waals surface area contributed by atoms with E-state index in [9.17, 15) is 14.9 Å². The summed E-state index contributed by atoms with van der Waals surface area (Å²) in [5.74, 6) is 0.0836. The van der Waals surface area contributed by atoms with Gasteiger partial charge in [-0.2, -0.15) is 5.26 Å². The lowest BCUT2D eigenvalue weighted by Gasteiger charge is -2.11. The third kappa shape index (κ3) is 6.70. The number of hydrogen-bond acceptors (Lipinski definition) is 5. The maximum atomic E-state index is 12.3. The minimum Gasteiger partial charge on any atom is -0.493 e. The number of carbonyl (C=O) groups excluding carboxylic acids is 2. The molecule has 0 atom stereocenters. The Bertz CT molecular complexity index is 917. The van der Waals surface area contributed by atoms with E-state index in [1.54, 1.807) is 18.2 Å². The fraction of sp³-hybridized carbons (Fsp3) is 0.227. The summed E-state index contributed by atoms with van der Waals surface area (Å²) in [6.45, 7) is 2.54. The average molecular weight is 393 g/mol. The van der Waals surface area contributed by atoms with Gasteiger partial charge in [0.2, 0.25) is 0 Å². The molecule has 2 aromatic rings. The first-order chi connectivity index (χ1) is 14.1. The molecule has 0 saturated heterocycles. The van der Waals surface area contributed by atoms with E-state index in [0.29, 0.717) is 30.2 Å². The van der Waals surface area contributed by atoms with Gasteiger partial charge in [-0.25, -0.2) is 0 Å². The number of carbonyl (C=O) groups is 2. The molecule has 0 saturated carbocycles. The van der Waals surface area contributed by atoms with Crippen LogP contribution in [-0.4, -0.2) is 32.1 Å². The van der Waals surface area contributed by atoms with Crippen LogP contribution in [-0.2, 0) is 16.1 Å². The van der Waals surface area contributed by atoms with E-state index in [-0.39, 0.29) is 18.1 Å². The first kappa shape index (κ1) is 21.5. The molecule has 0 aliphatic rings. The van der Waals surface area contributed by atoms with E-state index in [1.807, 2.05) is 43.3 Å². The van der Waals surface area contributed by atoms with E-state index in [2.05, 4.69) is 10.6 Å². The molecule has 0 fully saturated rings. The second-order valence-corrected chi connectivity index (χ2v) is 5.99. The normalized spacial score (nSPS) is 10.6. The number of benzene rings is 2. The molecule has 150 valence electrons. The van der Waals surface area contributed by atoms with E-state index < -0.39 is 5.91 Å². The molecule has 0 aliphatic carbocycles. The molecule has 7 heteroatoms. The molecular formula is C22H23N3O4. The first-order valence-electron chi connectivity index (χ1n) is 9.08. The van der Waals surface area contributed by atoms with Crippen LogP contribution < -0.4 is 20.1 Å². The summed E-state index contributed by atoms with van der Waals surface area (Å²) in [6.07, 6.45) is 1.47. The highest BCUT2D eigenvalue weighted by molar-refractivity contribution is 6.01. The minimum absolute atomic E-state index is 0.0287. The number of methoxy groups -OCH3 is 1. The van der Waals surface area contributed by atoms with Gasteiger partial charge in [0.25, 0.3) is 11.8 Å². The molecule has 0 bridgehead atoms. The average Bonchev–Trinajstić information content (AvgIpc) is 2.75. The van der Waals surface area contributed by atoms with Gasteiger partial charge in [-0.15, -0.1) is 0 Å². The van der Waals surface area contributed by atoms with Crippen LogP contribution in [0.4, 0.5) is 0 Å². The summed E-state index contributed by atoms with van der Waals surface area (Å²) in [4.78, 5) is 23.8. The van der Waals surface area contributed by atoms with Gasteiger partial charge in [0.1, 0.15) is 11.6 Å². The summed E-state index contributed by atoms with van der Waals surface area (Å²) < 4.78 is 10.8. The van der Waals surface area contributed by atoms with Gasteiger partial charge < -0.3 is 20.1 Å². The van der Waals surface area contributed by atoms with Crippen LogP contribution in [0.15, 0.2) is 54.1 Å². The number of ether oxygens (including phenoxy) is 2. The molecule has 0 unspecified atom stereocenters. The van der Waals surface area contributed by atoms with Gasteiger partial charge in [-0.3, -0.25) is 9.59 Å². The van der Waals surface area contributed by atoms with E-state index in [1.165, 1.54) is 13.2 Å². The van der Waals surface area contributed by atoms with Crippen LogP contribution in [0.2, 0.25) is 0 Å². The highest BCUT2D eigenvalue weighted by atomic mass is 16.5. The summed E-state index contributed by atoms with van der Waals surface area (Å²) in [5.41, 5.74) is 1.51. The number of likely N-dealkylation sites (N-methyl/N-ethyl adjacent to an activating group) is 1. The first-order valence-corrected chi connectivity index (χ1v) is 9.08. The minimum atomic E-state index is -0.466. The topological polar surface area (TPSA) is 100 Å². The van der Waals surface area contributed by atoms with Crippen LogP contribution >= 0.6 is 0 Å². The van der Waals surface area contributed by atoms with Gasteiger partial charge in [-0.1, -0.05) is 36.4 Å². The van der Waals surface area contributed by atoms with Crippen molar-refractivity contribution in [1.82, 2.24) is 10.6 Å². The van der Waals surface area contributed by atoms with Crippen molar-refractivity contribution in [2.24, 2.45) is 0 Å². The lowest BCUT2D eigenvalue weighted by molar-refractivity contribution is -0.123. The third-order valence-electron chi connectivity index (χ3n) is 3.89. The van der Waals surface area contributed by atoms with Crippen molar-refractivity contribution >= 4 is 17.9 Å². The van der Waals surface area contributed by atoms with Crippen molar-refractivity contribution in [3.05, 3.63) is 65.2 Å². The zero-order valence-electron chi connectivity index (χ0n) is 16.4. The molecule has 0 aromatic heterocycles. The van der Waals surface area contributed by atoms with Crippen LogP contribution in [0.25, 0.3) is 6.08 Å². The Balaban J connectivity index is 2.08. The van der Waals surface area contributed by atoms with Gasteiger partial charge in [0, 0.05) is 13.1 Å². The number of nitrogens with zero attached hydrogens (tertiary/aromatic N) is 1. The second-order valence-electron chi connectivity index (χ2n) is 5.99. The largest absolute Gasteiger partial charge is 0.493 e. The van der Waals surface area contributed by atoms with Crippen LogP contribution in [0, 0.1) is 11.3 Å². The van der Waals surface area contributed by atoms with Crippen molar-refractivity contribution in [3.8, 4) is 17.6 Å². The highest BCUT2D eigenvalue weighted by Crippen LogP contribution is 2.29. The number of rotatable bonds is 9. The Morgan fingerprint density at radius 1 is 1.10 bits per heavy atom. The Kier molecular flexibility index (Phi) is 8.27. The van der Waals surface area contributed by atoms with Gasteiger partial charge in [0.15, 0.2) is 18.1 Å². The molecule has 7 nitrogen and oxygen atoms in total. The van der Waals surface area contributed by atoms with Crippen molar-refractivity contribution in [1.29, 1.82) is 5.26 Å². The molecular weight excluding hydrogens is 370 g/mol. The lowest BCUT2D eigenvalue weighted by atomic mass is 10.1. The summed E-state index contributed by atoms with van der Waals surface area (Å²) in [5, 5.41) is 14.7. The summed E-state index contributed by atoms with van der Waals surface area (Å²) >= 11 is 0. The number of hydrogen-bond donors (Lipinski definition) is 2. The summed E-state index contributed by atoms with van der Waals surface area (Å²) in [6, 6.07) is 16.3. The van der Waals surface area contributed by atoms with Gasteiger partial charge in [-0.05, 0) is 36.3 Å². The maximum Gasteiger partial charge on any atom is 0.262 e. The maximum absolute atomic E-state index is 12.3. The molecule has 2 rings (SSSR count). The Hall–Kier alpha value is -3.79. The molecule has 2 N–H and O–H groups in total. The summed E-state index contributed by atoms with van der Waals surface area (Å²) in [7, 11) is 1.47. The molecule has 0 spiro atoms. The smallest absolute Gasteiger partial charge is 0.262 e. The Morgan fingerprint density at radius 2 is 1.86 bits per heavy atom. The highest BCUT2D eigenvalue weighted by Gasteiger charge is 2.11. The van der Waals surface area contributed by atoms with Crippen LogP contribution in [0.3, 0.4) is 0 Å². The molecule has 29 heavy (non-hydrogen) atoms. The second kappa shape index (κ2) is 11.1. The third-order valence-corrected chi connectivity index (χ3v) is 3.89. The van der Waals surface area contributed by atoms with Gasteiger partial charge >= 0.3 is 0 Å². The van der Waals surface area contributed by atoms with E-state index >= 15 is 0 Å². The van der Waals surface area contributed by atoms with Crippen molar-refractivity contribution < 1.29 is 19.1 Å². The predicted octanol–water partition coefficient (Wildman–Crippen LogP) is 2.43. The number of amides is 2. The predicted molar refractivity (Wildman–Crippen MR) is 109 cm³/mol. The lowest BCUT2D eigenvalue weighted by Crippen LogP contribution is -2.28. The monoisotopic (exact) mass is 393 g/mol. The van der Waals surface area contributed by atoms with Gasteiger partial charge in [0.05, 0.1) is 7.11 Å². The molecule has 0 aliphatic heterocycles. The SMILES string of the molecule is CCNC(=O)COc1ccc(/C=C(\C#N)C(=O)NCc2ccccc2)cc1OC. The quantitative estimate of drug-likeness (QED) is 0.503. The zero-order valence-corrected chi connectivity index (χ0v) is 16.4. The van der Waals surface area contributed by atoms with E-state index in [0.717, 1.165) is 5.56 Å². The number of nitriles is 1. The Morgan fingerprint density at radius 3 is 2.52 bits per heavy atom. The molecule has 2 aromatic carbocycles. The number of nitrogens with one attached hydrogen (secondary N) is 2. The standard InChI is InChI=1S/C22H23N3O4/c1-3-24-21(26)15-29-19-10-9-17(12-20(19)28-2)11-18(13-23)22(27)25-14-16-7-5-4-6-8-16/h4-12H,3,14-15H2,1-2H3,(H,24,26)(H,25,27)/b18-11+. The Labute approximate surface area is 169 Å². The zero-order chi connectivity index (χ0) is 21.1. The van der Waals surface area contributed by atoms with E-state index in [4.69, 9.17) is 9.47 Å². The van der Waals surface area contributed by atoms with Crippen LogP contribution in [0.1, 0.15) is 18.1 Å². The van der Waals surface area contributed by atoms with Crippen molar-refractivity contribution in [2.75, 3.05) is 20.3 Å². The fourth-order valence-electron chi connectivity index (χ4n) is 2.47. The van der Waals surface area contributed by atoms with Crippen molar-refractivity contribution in [2.45, 2.75) is 13.5 Å².